The summed E-state index contributed by atoms with van der Waals surface area (Å²) in [7, 11) is 0. The van der Waals surface area contributed by atoms with Gasteiger partial charge in [-0.1, -0.05) is 146 Å². The average molecular weight is 772 g/mol. The van der Waals surface area contributed by atoms with Crippen LogP contribution < -0.4 is 9.80 Å². The zero-order valence-electron chi connectivity index (χ0n) is 32.5. The van der Waals surface area contributed by atoms with E-state index in [2.05, 4.69) is 192 Å². The van der Waals surface area contributed by atoms with Crippen LogP contribution in [0, 0.1) is 0 Å². The third kappa shape index (κ3) is 6.35. The first kappa shape index (κ1) is 35.0. The first-order valence-corrected chi connectivity index (χ1v) is 20.1. The van der Waals surface area contributed by atoms with Gasteiger partial charge in [0.2, 0.25) is 5.89 Å². The number of benzene rings is 9. The fourth-order valence-corrected chi connectivity index (χ4v) is 8.27. The Morgan fingerprint density at radius 2 is 0.900 bits per heavy atom. The van der Waals surface area contributed by atoms with Crippen molar-refractivity contribution >= 4 is 67.2 Å². The van der Waals surface area contributed by atoms with E-state index in [9.17, 15) is 0 Å². The highest BCUT2D eigenvalue weighted by atomic mass is 16.3. The lowest BCUT2D eigenvalue weighted by molar-refractivity contribution is 0.620. The van der Waals surface area contributed by atoms with E-state index in [1.54, 1.807) is 0 Å². The van der Waals surface area contributed by atoms with Gasteiger partial charge in [0.05, 0.1) is 17.1 Å². The fraction of sp³-hybridized carbons (Fsp3) is 0. The third-order valence-corrected chi connectivity index (χ3v) is 11.1. The van der Waals surface area contributed by atoms with Crippen LogP contribution in [0.15, 0.2) is 233 Å². The molecule has 0 aliphatic heterocycles. The Labute approximate surface area is 347 Å². The number of nitrogens with zero attached hydrogens (tertiary/aromatic N) is 3. The van der Waals surface area contributed by atoms with Crippen LogP contribution in [0.2, 0.25) is 0 Å². The van der Waals surface area contributed by atoms with Gasteiger partial charge in [-0.05, 0) is 89.5 Å². The number of furan rings is 1. The molecule has 60 heavy (non-hydrogen) atoms. The van der Waals surface area contributed by atoms with Crippen molar-refractivity contribution in [1.82, 2.24) is 4.98 Å². The molecule has 2 heterocycles. The fourth-order valence-electron chi connectivity index (χ4n) is 8.27. The zero-order valence-corrected chi connectivity index (χ0v) is 32.5. The Bertz CT molecular complexity index is 3270. The van der Waals surface area contributed by atoms with Gasteiger partial charge in [0.15, 0.2) is 5.58 Å². The van der Waals surface area contributed by atoms with E-state index in [0.717, 1.165) is 89.4 Å². The Balaban J connectivity index is 1.21. The summed E-state index contributed by atoms with van der Waals surface area (Å²) in [6.07, 6.45) is 0. The monoisotopic (exact) mass is 771 g/mol. The molecule has 5 heteroatoms. The molecule has 0 spiro atoms. The van der Waals surface area contributed by atoms with E-state index in [0.29, 0.717) is 11.5 Å². The van der Waals surface area contributed by atoms with E-state index in [1.165, 1.54) is 0 Å². The van der Waals surface area contributed by atoms with Crippen molar-refractivity contribution in [2.24, 2.45) is 0 Å². The van der Waals surface area contributed by atoms with Gasteiger partial charge in [0.1, 0.15) is 16.7 Å². The van der Waals surface area contributed by atoms with Crippen molar-refractivity contribution in [2.75, 3.05) is 9.80 Å². The molecule has 284 valence electrons. The summed E-state index contributed by atoms with van der Waals surface area (Å²) in [6.45, 7) is 0. The summed E-state index contributed by atoms with van der Waals surface area (Å²) in [5.74, 6) is 0.550. The van der Waals surface area contributed by atoms with Crippen molar-refractivity contribution in [3.05, 3.63) is 224 Å². The van der Waals surface area contributed by atoms with E-state index >= 15 is 0 Å². The van der Waals surface area contributed by atoms with Crippen LogP contribution in [0.4, 0.5) is 34.1 Å². The van der Waals surface area contributed by atoms with Crippen LogP contribution in [0.1, 0.15) is 0 Å². The second kappa shape index (κ2) is 15.0. The lowest BCUT2D eigenvalue weighted by atomic mass is 10.0. The second-order valence-corrected chi connectivity index (χ2v) is 14.8. The summed E-state index contributed by atoms with van der Waals surface area (Å²) < 4.78 is 13.2. The highest BCUT2D eigenvalue weighted by molar-refractivity contribution is 6.08. The first-order valence-electron chi connectivity index (χ1n) is 20.1. The highest BCUT2D eigenvalue weighted by Crippen LogP contribution is 2.48. The van der Waals surface area contributed by atoms with Crippen molar-refractivity contribution in [1.29, 1.82) is 0 Å². The maximum atomic E-state index is 6.82. The Morgan fingerprint density at radius 1 is 0.317 bits per heavy atom. The van der Waals surface area contributed by atoms with Crippen LogP contribution in [-0.4, -0.2) is 4.98 Å². The molecule has 2 aromatic heterocycles. The van der Waals surface area contributed by atoms with Gasteiger partial charge in [0.25, 0.3) is 0 Å². The van der Waals surface area contributed by atoms with Crippen molar-refractivity contribution in [3.8, 4) is 33.7 Å². The molecule has 0 unspecified atom stereocenters. The number of aromatic nitrogens is 1. The van der Waals surface area contributed by atoms with Gasteiger partial charge in [-0.15, -0.1) is 0 Å². The molecule has 0 amide bonds. The normalized spacial score (nSPS) is 11.3. The minimum atomic E-state index is 0.550. The lowest BCUT2D eigenvalue weighted by Crippen LogP contribution is -2.14. The van der Waals surface area contributed by atoms with Crippen LogP contribution in [-0.2, 0) is 0 Å². The molecule has 0 aliphatic carbocycles. The summed E-state index contributed by atoms with van der Waals surface area (Å²) in [4.78, 5) is 9.93. The van der Waals surface area contributed by atoms with Crippen LogP contribution >= 0.6 is 0 Å². The minimum absolute atomic E-state index is 0.550. The van der Waals surface area contributed by atoms with Gasteiger partial charge in [-0.2, -0.15) is 0 Å². The van der Waals surface area contributed by atoms with Gasteiger partial charge >= 0.3 is 0 Å². The molecule has 0 bridgehead atoms. The van der Waals surface area contributed by atoms with Gasteiger partial charge < -0.3 is 18.6 Å². The number of rotatable bonds is 9. The molecule has 11 aromatic rings. The number of hydrogen-bond acceptors (Lipinski definition) is 5. The molecule has 0 atom stereocenters. The molecule has 0 radical (unpaired) electrons. The number of anilines is 6. The summed E-state index contributed by atoms with van der Waals surface area (Å²) in [5.41, 5.74) is 14.2. The number of hydrogen-bond donors (Lipinski definition) is 0. The average Bonchev–Trinajstić information content (AvgIpc) is 3.93. The quantitative estimate of drug-likeness (QED) is 0.146. The molecule has 5 nitrogen and oxygen atoms in total. The Hall–Kier alpha value is -8.15. The predicted molar refractivity (Wildman–Crippen MR) is 247 cm³/mol. The summed E-state index contributed by atoms with van der Waals surface area (Å²) >= 11 is 0. The number of fused-ring (bicyclic) bond motifs is 4. The first-order chi connectivity index (χ1) is 29.7. The van der Waals surface area contributed by atoms with Gasteiger partial charge in [0, 0.05) is 45.0 Å². The van der Waals surface area contributed by atoms with Crippen LogP contribution in [0.25, 0.3) is 66.7 Å². The Morgan fingerprint density at radius 3 is 1.68 bits per heavy atom. The molecule has 0 saturated carbocycles. The smallest absolute Gasteiger partial charge is 0.227 e. The molecular weight excluding hydrogens is 735 g/mol. The number of para-hydroxylation sites is 3. The number of oxazole rings is 1. The molecule has 0 aliphatic rings. The predicted octanol–water partition coefficient (Wildman–Crippen LogP) is 15.7. The SMILES string of the molecule is c1ccc(-c2cccc(N(c3ccc4oc5ccccc5c4c3)c3cc(N(c4ccccc4)c4ccccc4-c4ccccc4)cc4oc(-c5ccccc5)nc34)c2)cc1. The topological polar surface area (TPSA) is 45.7 Å². The molecule has 0 N–H and O–H groups in total. The van der Waals surface area contributed by atoms with E-state index < -0.39 is 0 Å². The zero-order chi connectivity index (χ0) is 39.8. The van der Waals surface area contributed by atoms with Crippen LogP contribution in [0.5, 0.6) is 0 Å². The standard InChI is InChI=1S/C55H37N3O2/c1-5-18-38(19-6-1)41-24-17-27-43(34-41)58(44-32-33-52-48(35-44)47-29-14-16-31-51(47)59-52)50-36-45(37-53-54(50)56-55(60-53)40-22-9-3-10-23-40)57(42-25-11-4-12-26-42)49-30-15-13-28-46(49)39-20-7-2-8-21-39/h1-37H. The van der Waals surface area contributed by atoms with E-state index in [1.807, 2.05) is 42.5 Å². The molecule has 0 saturated heterocycles. The van der Waals surface area contributed by atoms with E-state index in [4.69, 9.17) is 13.8 Å². The maximum Gasteiger partial charge on any atom is 0.227 e. The highest BCUT2D eigenvalue weighted by Gasteiger charge is 2.26. The van der Waals surface area contributed by atoms with Crippen molar-refractivity contribution in [3.63, 3.8) is 0 Å². The maximum absolute atomic E-state index is 6.82. The van der Waals surface area contributed by atoms with Crippen molar-refractivity contribution in [2.45, 2.75) is 0 Å². The largest absolute Gasteiger partial charge is 0.456 e. The van der Waals surface area contributed by atoms with Gasteiger partial charge in [-0.25, -0.2) is 4.98 Å². The van der Waals surface area contributed by atoms with Gasteiger partial charge in [-0.3, -0.25) is 0 Å². The summed E-state index contributed by atoms with van der Waals surface area (Å²) in [5, 5.41) is 2.10. The van der Waals surface area contributed by atoms with E-state index in [-0.39, 0.29) is 0 Å². The van der Waals surface area contributed by atoms with Crippen LogP contribution in [0.3, 0.4) is 0 Å². The third-order valence-electron chi connectivity index (χ3n) is 11.1. The second-order valence-electron chi connectivity index (χ2n) is 14.8. The lowest BCUT2D eigenvalue weighted by Gasteiger charge is -2.30. The summed E-state index contributed by atoms with van der Waals surface area (Å²) in [6, 6.07) is 78.0. The molecule has 0 fully saturated rings. The molecule has 11 rings (SSSR count). The Kier molecular flexibility index (Phi) is 8.75. The van der Waals surface area contributed by atoms with Crippen molar-refractivity contribution < 1.29 is 8.83 Å². The molecule has 9 aromatic carbocycles. The molecular formula is C55H37N3O2. The minimum Gasteiger partial charge on any atom is -0.456 e.